The van der Waals surface area contributed by atoms with E-state index in [1.807, 2.05) is 11.8 Å². The van der Waals surface area contributed by atoms with E-state index in [1.54, 1.807) is 12.1 Å². The van der Waals surface area contributed by atoms with Crippen molar-refractivity contribution in [1.82, 2.24) is 4.90 Å². The number of carboxylic acid groups (broad SMARTS) is 1. The van der Waals surface area contributed by atoms with Crippen LogP contribution in [-0.4, -0.2) is 29.1 Å². The van der Waals surface area contributed by atoms with Gasteiger partial charge in [-0.2, -0.15) is 0 Å². The molecule has 1 N–H and O–H groups in total. The summed E-state index contributed by atoms with van der Waals surface area (Å²) < 4.78 is 14.0. The predicted molar refractivity (Wildman–Crippen MR) is 80.9 cm³/mol. The smallest absolute Gasteiger partial charge is 0.310 e. The first-order valence-corrected chi connectivity index (χ1v) is 7.75. The van der Waals surface area contributed by atoms with Crippen LogP contribution in [0.1, 0.15) is 38.2 Å². The van der Waals surface area contributed by atoms with Gasteiger partial charge in [-0.05, 0) is 31.9 Å². The first-order chi connectivity index (χ1) is 9.98. The number of hydrogen-bond donors (Lipinski definition) is 1. The number of benzene rings is 1. The Morgan fingerprint density at radius 3 is 2.95 bits per heavy atom. The largest absolute Gasteiger partial charge is 0.481 e. The molecule has 3 nitrogen and oxygen atoms in total. The summed E-state index contributed by atoms with van der Waals surface area (Å²) in [6, 6.07) is 4.95. The van der Waals surface area contributed by atoms with Crippen LogP contribution in [0.3, 0.4) is 0 Å². The zero-order valence-electron chi connectivity index (χ0n) is 12.2. The van der Waals surface area contributed by atoms with Gasteiger partial charge in [0.1, 0.15) is 5.82 Å². The molecule has 0 aromatic heterocycles. The van der Waals surface area contributed by atoms with Gasteiger partial charge < -0.3 is 5.11 Å². The summed E-state index contributed by atoms with van der Waals surface area (Å²) >= 11 is 5.80. The summed E-state index contributed by atoms with van der Waals surface area (Å²) in [7, 11) is 0. The lowest BCUT2D eigenvalue weighted by Gasteiger charge is -2.40. The highest BCUT2D eigenvalue weighted by molar-refractivity contribution is 6.30. The van der Waals surface area contributed by atoms with E-state index in [-0.39, 0.29) is 5.02 Å². The molecule has 1 fully saturated rings. The third-order valence-corrected chi connectivity index (χ3v) is 4.56. The molecule has 1 aromatic carbocycles. The summed E-state index contributed by atoms with van der Waals surface area (Å²) in [5.74, 6) is -1.14. The second kappa shape index (κ2) is 6.75. The molecular formula is C16H21ClFNO2. The molecule has 1 aromatic rings. The molecule has 116 valence electrons. The second-order valence-electron chi connectivity index (χ2n) is 5.86. The Hall–Kier alpha value is -1.13. The fraction of sp³-hybridized carbons (Fsp3) is 0.562. The van der Waals surface area contributed by atoms with Crippen molar-refractivity contribution < 1.29 is 14.3 Å². The van der Waals surface area contributed by atoms with Gasteiger partial charge >= 0.3 is 5.97 Å². The van der Waals surface area contributed by atoms with E-state index < -0.39 is 17.2 Å². The Bertz CT molecular complexity index is 519. The third kappa shape index (κ3) is 3.55. The number of aliphatic carboxylic acids is 1. The minimum atomic E-state index is -0.736. The maximum Gasteiger partial charge on any atom is 0.310 e. The van der Waals surface area contributed by atoms with Crippen molar-refractivity contribution >= 4 is 17.6 Å². The standard InChI is InChI=1S/C16H21ClFNO2/c1-2-7-16(15(20)21)8-4-9-19(11-16)10-12-5-3-6-13(17)14(12)18/h3,5-6H,2,4,7-11H2,1H3,(H,20,21). The number of rotatable bonds is 5. The molecule has 0 amide bonds. The summed E-state index contributed by atoms with van der Waals surface area (Å²) in [6.45, 7) is 3.68. The second-order valence-corrected chi connectivity index (χ2v) is 6.27. The van der Waals surface area contributed by atoms with Crippen LogP contribution in [0.5, 0.6) is 0 Å². The molecular weight excluding hydrogens is 293 g/mol. The van der Waals surface area contributed by atoms with E-state index in [1.165, 1.54) is 6.07 Å². The van der Waals surface area contributed by atoms with Crippen LogP contribution < -0.4 is 0 Å². The van der Waals surface area contributed by atoms with Crippen LogP contribution in [-0.2, 0) is 11.3 Å². The minimum Gasteiger partial charge on any atom is -0.481 e. The van der Waals surface area contributed by atoms with Crippen LogP contribution in [0.25, 0.3) is 0 Å². The minimum absolute atomic E-state index is 0.113. The fourth-order valence-electron chi connectivity index (χ4n) is 3.24. The van der Waals surface area contributed by atoms with Crippen LogP contribution in [0, 0.1) is 11.2 Å². The highest BCUT2D eigenvalue weighted by Crippen LogP contribution is 2.35. The Labute approximate surface area is 129 Å². The Kier molecular flexibility index (Phi) is 5.22. The van der Waals surface area contributed by atoms with Gasteiger partial charge in [0, 0.05) is 18.7 Å². The number of nitrogens with zero attached hydrogens (tertiary/aromatic N) is 1. The van der Waals surface area contributed by atoms with E-state index in [0.717, 1.165) is 19.4 Å². The average molecular weight is 314 g/mol. The average Bonchev–Trinajstić information content (AvgIpc) is 2.44. The molecule has 5 heteroatoms. The molecule has 2 rings (SSSR count). The molecule has 1 atom stereocenters. The molecule has 1 unspecified atom stereocenters. The quantitative estimate of drug-likeness (QED) is 0.895. The van der Waals surface area contributed by atoms with Gasteiger partial charge in [-0.15, -0.1) is 0 Å². The third-order valence-electron chi connectivity index (χ3n) is 4.26. The van der Waals surface area contributed by atoms with Crippen LogP contribution in [0.2, 0.25) is 5.02 Å². The van der Waals surface area contributed by atoms with Gasteiger partial charge in [-0.25, -0.2) is 4.39 Å². The van der Waals surface area contributed by atoms with Crippen molar-refractivity contribution in [2.75, 3.05) is 13.1 Å². The molecule has 1 saturated heterocycles. The van der Waals surface area contributed by atoms with Crippen molar-refractivity contribution in [1.29, 1.82) is 0 Å². The number of halogens is 2. The van der Waals surface area contributed by atoms with Crippen molar-refractivity contribution in [3.63, 3.8) is 0 Å². The zero-order chi connectivity index (χ0) is 15.5. The van der Waals surface area contributed by atoms with Gasteiger partial charge in [-0.1, -0.05) is 37.1 Å². The van der Waals surface area contributed by atoms with Gasteiger partial charge in [0.05, 0.1) is 10.4 Å². The predicted octanol–water partition coefficient (Wildman–Crippen LogP) is 3.95. The Morgan fingerprint density at radius 1 is 1.52 bits per heavy atom. The number of carboxylic acids is 1. The molecule has 1 aliphatic rings. The monoisotopic (exact) mass is 313 g/mol. The highest BCUT2D eigenvalue weighted by atomic mass is 35.5. The van der Waals surface area contributed by atoms with E-state index in [0.29, 0.717) is 31.5 Å². The molecule has 0 radical (unpaired) electrons. The fourth-order valence-corrected chi connectivity index (χ4v) is 3.43. The van der Waals surface area contributed by atoms with Crippen molar-refractivity contribution in [3.05, 3.63) is 34.6 Å². The Morgan fingerprint density at radius 2 is 2.29 bits per heavy atom. The number of likely N-dealkylation sites (tertiary alicyclic amines) is 1. The van der Waals surface area contributed by atoms with Crippen LogP contribution in [0.15, 0.2) is 18.2 Å². The van der Waals surface area contributed by atoms with E-state index >= 15 is 0 Å². The normalized spacial score (nSPS) is 23.2. The topological polar surface area (TPSA) is 40.5 Å². The van der Waals surface area contributed by atoms with Gasteiger partial charge in [-0.3, -0.25) is 9.69 Å². The SMILES string of the molecule is CCCC1(C(=O)O)CCCN(Cc2cccc(Cl)c2F)C1. The maximum absolute atomic E-state index is 14.0. The van der Waals surface area contributed by atoms with Crippen molar-refractivity contribution in [2.24, 2.45) is 5.41 Å². The molecule has 21 heavy (non-hydrogen) atoms. The summed E-state index contributed by atoms with van der Waals surface area (Å²) in [5.41, 5.74) is -0.164. The van der Waals surface area contributed by atoms with Crippen LogP contribution >= 0.6 is 11.6 Å². The van der Waals surface area contributed by atoms with Gasteiger partial charge in [0.25, 0.3) is 0 Å². The number of hydrogen-bond acceptors (Lipinski definition) is 2. The molecule has 1 aliphatic heterocycles. The first-order valence-electron chi connectivity index (χ1n) is 7.37. The maximum atomic E-state index is 14.0. The summed E-state index contributed by atoms with van der Waals surface area (Å²) in [4.78, 5) is 13.7. The molecule has 0 aliphatic carbocycles. The van der Waals surface area contributed by atoms with E-state index in [2.05, 4.69) is 0 Å². The van der Waals surface area contributed by atoms with Crippen molar-refractivity contribution in [2.45, 2.75) is 39.2 Å². The lowest BCUT2D eigenvalue weighted by atomic mass is 9.76. The molecule has 0 bridgehead atoms. The molecule has 0 saturated carbocycles. The highest BCUT2D eigenvalue weighted by Gasteiger charge is 2.41. The van der Waals surface area contributed by atoms with E-state index in [9.17, 15) is 14.3 Å². The summed E-state index contributed by atoms with van der Waals surface area (Å²) in [6.07, 6.45) is 3.03. The van der Waals surface area contributed by atoms with Gasteiger partial charge in [0.2, 0.25) is 0 Å². The summed E-state index contributed by atoms with van der Waals surface area (Å²) in [5, 5.41) is 9.69. The number of piperidine rings is 1. The van der Waals surface area contributed by atoms with Crippen LogP contribution in [0.4, 0.5) is 4.39 Å². The lowest BCUT2D eigenvalue weighted by Crippen LogP contribution is -2.47. The molecule has 0 spiro atoms. The molecule has 1 heterocycles. The van der Waals surface area contributed by atoms with Gasteiger partial charge in [0.15, 0.2) is 0 Å². The number of carbonyl (C=O) groups is 1. The van der Waals surface area contributed by atoms with Crippen molar-refractivity contribution in [3.8, 4) is 0 Å². The van der Waals surface area contributed by atoms with E-state index in [4.69, 9.17) is 11.6 Å². The zero-order valence-corrected chi connectivity index (χ0v) is 13.0. The Balaban J connectivity index is 2.14. The lowest BCUT2D eigenvalue weighted by molar-refractivity contribution is -0.153. The first kappa shape index (κ1) is 16.2.